The van der Waals surface area contributed by atoms with Crippen molar-refractivity contribution in [1.82, 2.24) is 14.9 Å². The average molecular weight is 251 g/mol. The van der Waals surface area contributed by atoms with E-state index in [9.17, 15) is 0 Å². The quantitative estimate of drug-likeness (QED) is 0.874. The van der Waals surface area contributed by atoms with Crippen molar-refractivity contribution >= 4 is 0 Å². The lowest BCUT2D eigenvalue weighted by Crippen LogP contribution is -2.30. The van der Waals surface area contributed by atoms with Crippen LogP contribution in [0, 0.1) is 5.92 Å². The van der Waals surface area contributed by atoms with Crippen molar-refractivity contribution in [3.05, 3.63) is 18.2 Å². The zero-order valence-corrected chi connectivity index (χ0v) is 11.9. The van der Waals surface area contributed by atoms with E-state index in [-0.39, 0.29) is 6.10 Å². The summed E-state index contributed by atoms with van der Waals surface area (Å²) in [7, 11) is 0. The molecule has 1 aromatic rings. The fraction of sp³-hybridized carbons (Fsp3) is 0.786. The summed E-state index contributed by atoms with van der Waals surface area (Å²) in [5.41, 5.74) is 1.22. The Morgan fingerprint density at radius 3 is 2.89 bits per heavy atom. The van der Waals surface area contributed by atoms with Gasteiger partial charge in [0, 0.05) is 31.2 Å². The molecule has 0 aromatic carbocycles. The smallest absolute Gasteiger partial charge is 0.103 e. The van der Waals surface area contributed by atoms with E-state index < -0.39 is 0 Å². The predicted octanol–water partition coefficient (Wildman–Crippen LogP) is 2.54. The van der Waals surface area contributed by atoms with Crippen molar-refractivity contribution < 1.29 is 4.74 Å². The van der Waals surface area contributed by atoms with E-state index in [2.05, 4.69) is 42.6 Å². The topological polar surface area (TPSA) is 39.1 Å². The van der Waals surface area contributed by atoms with Gasteiger partial charge >= 0.3 is 0 Å². The molecule has 1 aromatic heterocycles. The number of nitrogens with zero attached hydrogens (tertiary/aromatic N) is 2. The zero-order chi connectivity index (χ0) is 13.1. The van der Waals surface area contributed by atoms with E-state index in [1.165, 1.54) is 5.69 Å². The summed E-state index contributed by atoms with van der Waals surface area (Å²) < 4.78 is 8.15. The summed E-state index contributed by atoms with van der Waals surface area (Å²) in [5.74, 6) is 0.557. The lowest BCUT2D eigenvalue weighted by Gasteiger charge is -2.22. The molecular formula is C14H25N3O. The maximum atomic E-state index is 5.93. The van der Waals surface area contributed by atoms with Crippen molar-refractivity contribution in [2.45, 2.75) is 52.3 Å². The van der Waals surface area contributed by atoms with E-state index in [4.69, 9.17) is 4.74 Å². The molecule has 0 saturated carbocycles. The normalized spacial score (nSPS) is 24.3. The number of rotatable bonds is 5. The van der Waals surface area contributed by atoms with Gasteiger partial charge in [0.2, 0.25) is 0 Å². The first-order valence-corrected chi connectivity index (χ1v) is 6.96. The molecule has 1 aliphatic rings. The Labute approximate surface area is 110 Å². The summed E-state index contributed by atoms with van der Waals surface area (Å²) in [4.78, 5) is 4.28. The van der Waals surface area contributed by atoms with Gasteiger partial charge in [0.15, 0.2) is 0 Å². The van der Waals surface area contributed by atoms with Gasteiger partial charge in [-0.2, -0.15) is 0 Å². The molecule has 4 nitrogen and oxygen atoms in total. The highest BCUT2D eigenvalue weighted by Crippen LogP contribution is 2.34. The molecule has 0 spiro atoms. The minimum Gasteiger partial charge on any atom is -0.372 e. The van der Waals surface area contributed by atoms with Crippen LogP contribution in [0.2, 0.25) is 0 Å². The van der Waals surface area contributed by atoms with Crippen LogP contribution in [0.15, 0.2) is 12.5 Å². The fourth-order valence-electron chi connectivity index (χ4n) is 2.52. The van der Waals surface area contributed by atoms with Crippen LogP contribution in [0.3, 0.4) is 0 Å². The van der Waals surface area contributed by atoms with Crippen LogP contribution in [0.1, 0.15) is 52.0 Å². The average Bonchev–Trinajstić information content (AvgIpc) is 2.94. The Hall–Kier alpha value is -0.870. The van der Waals surface area contributed by atoms with Crippen LogP contribution >= 0.6 is 0 Å². The first-order valence-electron chi connectivity index (χ1n) is 6.96. The van der Waals surface area contributed by atoms with Crippen LogP contribution in [0.4, 0.5) is 0 Å². The van der Waals surface area contributed by atoms with Crippen LogP contribution in [-0.4, -0.2) is 28.7 Å². The minimum atomic E-state index is 0.196. The van der Waals surface area contributed by atoms with Gasteiger partial charge in [0.25, 0.3) is 0 Å². The molecular weight excluding hydrogens is 226 g/mol. The predicted molar refractivity (Wildman–Crippen MR) is 72.6 cm³/mol. The molecule has 1 N–H and O–H groups in total. The van der Waals surface area contributed by atoms with Gasteiger partial charge in [-0.1, -0.05) is 13.8 Å². The first-order chi connectivity index (χ1) is 8.59. The van der Waals surface area contributed by atoms with E-state index >= 15 is 0 Å². The molecule has 0 bridgehead atoms. The number of hydrogen-bond acceptors (Lipinski definition) is 3. The third-order valence-electron chi connectivity index (χ3n) is 3.55. The van der Waals surface area contributed by atoms with E-state index in [0.717, 1.165) is 19.6 Å². The summed E-state index contributed by atoms with van der Waals surface area (Å²) in [5, 5.41) is 3.52. The van der Waals surface area contributed by atoms with Gasteiger partial charge in [-0.05, 0) is 20.3 Å². The molecule has 0 amide bonds. The Morgan fingerprint density at radius 1 is 1.44 bits per heavy atom. The number of imidazole rings is 1. The van der Waals surface area contributed by atoms with Crippen LogP contribution < -0.4 is 5.32 Å². The van der Waals surface area contributed by atoms with E-state index in [1.54, 1.807) is 0 Å². The molecule has 18 heavy (non-hydrogen) atoms. The number of aromatic nitrogens is 2. The van der Waals surface area contributed by atoms with Gasteiger partial charge in [0.05, 0.1) is 18.2 Å². The Bertz CT molecular complexity index is 373. The van der Waals surface area contributed by atoms with Crippen molar-refractivity contribution in [2.24, 2.45) is 5.92 Å². The third kappa shape index (κ3) is 2.93. The maximum Gasteiger partial charge on any atom is 0.103 e. The highest BCUT2D eigenvalue weighted by molar-refractivity contribution is 5.08. The van der Waals surface area contributed by atoms with Crippen molar-refractivity contribution in [1.29, 1.82) is 0 Å². The van der Waals surface area contributed by atoms with Crippen molar-refractivity contribution in [2.75, 3.05) is 13.2 Å². The Morgan fingerprint density at radius 2 is 2.22 bits per heavy atom. The Balaban J connectivity index is 2.08. The molecule has 0 radical (unpaired) electrons. The fourth-order valence-corrected chi connectivity index (χ4v) is 2.52. The molecule has 102 valence electrons. The second kappa shape index (κ2) is 5.85. The van der Waals surface area contributed by atoms with E-state index in [1.807, 2.05) is 12.5 Å². The minimum absolute atomic E-state index is 0.196. The lowest BCUT2D eigenvalue weighted by atomic mass is 9.98. The first kappa shape index (κ1) is 13.6. The standard InChI is InChI=1S/C14H25N3O/c1-10(2)16-7-12-5-6-18-14(12)13-8-15-9-17(13)11(3)4/h8-12,14,16H,5-7H2,1-4H3. The molecule has 2 atom stereocenters. The number of nitrogens with one attached hydrogen (secondary N) is 1. The monoisotopic (exact) mass is 251 g/mol. The molecule has 2 unspecified atom stereocenters. The Kier molecular flexibility index (Phi) is 4.40. The molecule has 0 aliphatic carbocycles. The molecule has 1 saturated heterocycles. The second-order valence-electron chi connectivity index (χ2n) is 5.72. The summed E-state index contributed by atoms with van der Waals surface area (Å²) in [6.07, 6.45) is 5.20. The molecule has 2 heterocycles. The van der Waals surface area contributed by atoms with Crippen LogP contribution in [-0.2, 0) is 4.74 Å². The lowest BCUT2D eigenvalue weighted by molar-refractivity contribution is 0.0827. The van der Waals surface area contributed by atoms with Crippen LogP contribution in [0.5, 0.6) is 0 Å². The third-order valence-corrected chi connectivity index (χ3v) is 3.55. The van der Waals surface area contributed by atoms with Gasteiger partial charge in [-0.3, -0.25) is 0 Å². The maximum absolute atomic E-state index is 5.93. The highest BCUT2D eigenvalue weighted by Gasteiger charge is 2.32. The largest absolute Gasteiger partial charge is 0.372 e. The summed E-state index contributed by atoms with van der Waals surface area (Å²) >= 11 is 0. The number of hydrogen-bond donors (Lipinski definition) is 1. The molecule has 2 rings (SSSR count). The highest BCUT2D eigenvalue weighted by atomic mass is 16.5. The van der Waals surface area contributed by atoms with Crippen molar-refractivity contribution in [3.8, 4) is 0 Å². The summed E-state index contributed by atoms with van der Waals surface area (Å²) in [6.45, 7) is 10.6. The van der Waals surface area contributed by atoms with Crippen molar-refractivity contribution in [3.63, 3.8) is 0 Å². The summed E-state index contributed by atoms with van der Waals surface area (Å²) in [6, 6.07) is 0.965. The molecule has 1 aliphatic heterocycles. The zero-order valence-electron chi connectivity index (χ0n) is 11.9. The second-order valence-corrected chi connectivity index (χ2v) is 5.72. The van der Waals surface area contributed by atoms with Gasteiger partial charge in [0.1, 0.15) is 6.10 Å². The SMILES string of the molecule is CC(C)NCC1CCOC1c1cncn1C(C)C. The van der Waals surface area contributed by atoms with E-state index in [0.29, 0.717) is 18.0 Å². The molecule has 4 heteroatoms. The van der Waals surface area contributed by atoms with Crippen LogP contribution in [0.25, 0.3) is 0 Å². The molecule has 1 fully saturated rings. The van der Waals surface area contributed by atoms with Gasteiger partial charge in [-0.15, -0.1) is 0 Å². The number of ether oxygens (including phenoxy) is 1. The van der Waals surface area contributed by atoms with Gasteiger partial charge < -0.3 is 14.6 Å². The van der Waals surface area contributed by atoms with Gasteiger partial charge in [-0.25, -0.2) is 4.98 Å².